The molecule has 1 rings (SSSR count). The van der Waals surface area contributed by atoms with E-state index in [1.54, 1.807) is 6.92 Å². The third-order valence-corrected chi connectivity index (χ3v) is 4.83. The van der Waals surface area contributed by atoms with E-state index in [9.17, 15) is 8.42 Å². The maximum absolute atomic E-state index is 11.3. The number of benzene rings is 1. The van der Waals surface area contributed by atoms with Crippen LogP contribution in [-0.4, -0.2) is 39.8 Å². The van der Waals surface area contributed by atoms with Gasteiger partial charge >= 0.3 is 0 Å². The second-order valence-electron chi connectivity index (χ2n) is 4.86. The third-order valence-electron chi connectivity index (χ3n) is 3.06. The average Bonchev–Trinajstić information content (AvgIpc) is 2.53. The zero-order chi connectivity index (χ0) is 17.1. The van der Waals surface area contributed by atoms with Gasteiger partial charge in [0.1, 0.15) is 0 Å². The minimum absolute atomic E-state index is 0. The van der Waals surface area contributed by atoms with Crippen molar-refractivity contribution in [3.8, 4) is 0 Å². The molecule has 0 radical (unpaired) electrons. The first-order valence-corrected chi connectivity index (χ1v) is 9.74. The Labute approximate surface area is 166 Å². The second-order valence-corrected chi connectivity index (χ2v) is 7.37. The molecule has 0 heterocycles. The summed E-state index contributed by atoms with van der Waals surface area (Å²) in [6, 6.07) is 7.59. The van der Waals surface area contributed by atoms with Crippen molar-refractivity contribution in [1.82, 2.24) is 15.4 Å². The van der Waals surface area contributed by atoms with Crippen molar-refractivity contribution in [2.24, 2.45) is 4.99 Å². The fourth-order valence-electron chi connectivity index (χ4n) is 1.76. The monoisotopic (exact) mass is 488 g/mol. The van der Waals surface area contributed by atoms with Gasteiger partial charge in [-0.25, -0.2) is 18.1 Å². The van der Waals surface area contributed by atoms with Crippen LogP contribution < -0.4 is 15.4 Å². The van der Waals surface area contributed by atoms with Crippen molar-refractivity contribution in [1.29, 1.82) is 0 Å². The summed E-state index contributed by atoms with van der Waals surface area (Å²) in [5.41, 5.74) is 0.960. The lowest BCUT2D eigenvalue weighted by Gasteiger charge is -2.12. The smallest absolute Gasteiger partial charge is 0.211 e. The van der Waals surface area contributed by atoms with Crippen LogP contribution in [0.15, 0.2) is 29.3 Å². The fourth-order valence-corrected chi connectivity index (χ4v) is 2.61. The molecule has 0 atom stereocenters. The number of nitrogens with zero attached hydrogens (tertiary/aromatic N) is 1. The Bertz CT molecular complexity index is 611. The lowest BCUT2D eigenvalue weighted by Crippen LogP contribution is -2.38. The summed E-state index contributed by atoms with van der Waals surface area (Å²) in [6.45, 7) is 5.87. The van der Waals surface area contributed by atoms with Crippen LogP contribution in [0.2, 0.25) is 5.02 Å². The highest BCUT2D eigenvalue weighted by molar-refractivity contribution is 14.0. The molecule has 0 unspecified atom stereocenters. The van der Waals surface area contributed by atoms with Crippen molar-refractivity contribution in [3.63, 3.8) is 0 Å². The summed E-state index contributed by atoms with van der Waals surface area (Å²) in [7, 11) is -3.12. The molecule has 3 N–H and O–H groups in total. The van der Waals surface area contributed by atoms with Crippen LogP contribution in [0.25, 0.3) is 0 Å². The molecule has 1 aromatic carbocycles. The number of hydrogen-bond acceptors (Lipinski definition) is 3. The van der Waals surface area contributed by atoms with Gasteiger partial charge in [0, 0.05) is 24.7 Å². The van der Waals surface area contributed by atoms with E-state index >= 15 is 0 Å². The summed E-state index contributed by atoms with van der Waals surface area (Å²) < 4.78 is 25.2. The van der Waals surface area contributed by atoms with Gasteiger partial charge in [-0.05, 0) is 31.9 Å². The number of guanidine groups is 1. The van der Waals surface area contributed by atoms with Crippen molar-refractivity contribution in [2.75, 3.05) is 25.4 Å². The van der Waals surface area contributed by atoms with Gasteiger partial charge < -0.3 is 10.6 Å². The number of hydrogen-bond donors (Lipinski definition) is 3. The van der Waals surface area contributed by atoms with Crippen LogP contribution in [0.5, 0.6) is 0 Å². The Morgan fingerprint density at radius 1 is 1.17 bits per heavy atom. The Morgan fingerprint density at radius 3 is 2.50 bits per heavy atom. The van der Waals surface area contributed by atoms with E-state index in [1.807, 2.05) is 31.2 Å². The van der Waals surface area contributed by atoms with Crippen LogP contribution in [0.1, 0.15) is 25.8 Å². The summed E-state index contributed by atoms with van der Waals surface area (Å²) in [6.07, 6.45) is 0.676. The normalized spacial score (nSPS) is 11.7. The topological polar surface area (TPSA) is 82.6 Å². The lowest BCUT2D eigenvalue weighted by molar-refractivity contribution is 0.579. The molecule has 0 aliphatic heterocycles. The summed E-state index contributed by atoms with van der Waals surface area (Å²) in [5.74, 6) is 0.785. The molecule has 0 aliphatic rings. The van der Waals surface area contributed by atoms with Crippen molar-refractivity contribution >= 4 is 51.6 Å². The number of rotatable bonds is 9. The first-order valence-electron chi connectivity index (χ1n) is 7.71. The van der Waals surface area contributed by atoms with Gasteiger partial charge in [0.15, 0.2) is 5.96 Å². The highest BCUT2D eigenvalue weighted by Crippen LogP contribution is 2.15. The number of halogens is 2. The first kappa shape index (κ1) is 23.4. The highest BCUT2D eigenvalue weighted by Gasteiger charge is 2.05. The molecule has 0 aliphatic carbocycles. The van der Waals surface area contributed by atoms with Crippen molar-refractivity contribution < 1.29 is 8.42 Å². The highest BCUT2D eigenvalue weighted by atomic mass is 127. The van der Waals surface area contributed by atoms with E-state index in [1.165, 1.54) is 0 Å². The van der Waals surface area contributed by atoms with E-state index in [4.69, 9.17) is 11.6 Å². The largest absolute Gasteiger partial charge is 0.357 e. The molecular formula is C15H26ClIN4O2S. The molecule has 0 fully saturated rings. The van der Waals surface area contributed by atoms with Gasteiger partial charge in [-0.2, -0.15) is 0 Å². The predicted molar refractivity (Wildman–Crippen MR) is 112 cm³/mol. The summed E-state index contributed by atoms with van der Waals surface area (Å²) >= 11 is 6.11. The molecule has 0 saturated heterocycles. The van der Waals surface area contributed by atoms with Crippen molar-refractivity contribution in [2.45, 2.75) is 26.8 Å². The summed E-state index contributed by atoms with van der Waals surface area (Å²) in [5, 5.41) is 7.02. The van der Waals surface area contributed by atoms with E-state index in [-0.39, 0.29) is 29.7 Å². The van der Waals surface area contributed by atoms with Gasteiger partial charge in [-0.1, -0.05) is 29.8 Å². The van der Waals surface area contributed by atoms with Crippen LogP contribution in [-0.2, 0) is 16.6 Å². The van der Waals surface area contributed by atoms with Crippen LogP contribution in [0.4, 0.5) is 0 Å². The molecule has 138 valence electrons. The second kappa shape index (κ2) is 12.7. The van der Waals surface area contributed by atoms with Crippen molar-refractivity contribution in [3.05, 3.63) is 34.9 Å². The molecule has 24 heavy (non-hydrogen) atoms. The molecule has 0 aromatic heterocycles. The first-order chi connectivity index (χ1) is 11.0. The van der Waals surface area contributed by atoms with Gasteiger partial charge in [0.2, 0.25) is 10.0 Å². The molecule has 0 saturated carbocycles. The van der Waals surface area contributed by atoms with E-state index < -0.39 is 10.0 Å². The van der Waals surface area contributed by atoms with Crippen LogP contribution >= 0.6 is 35.6 Å². The molecule has 6 nitrogen and oxygen atoms in total. The van der Waals surface area contributed by atoms with Crippen LogP contribution in [0, 0.1) is 0 Å². The quantitative estimate of drug-likeness (QED) is 0.216. The number of aliphatic imine (C=N–C) groups is 1. The summed E-state index contributed by atoms with van der Waals surface area (Å²) in [4.78, 5) is 4.48. The third kappa shape index (κ3) is 9.65. The van der Waals surface area contributed by atoms with E-state index in [0.717, 1.165) is 12.1 Å². The van der Waals surface area contributed by atoms with Gasteiger partial charge in [0.25, 0.3) is 0 Å². The van der Waals surface area contributed by atoms with Gasteiger partial charge in [-0.15, -0.1) is 24.0 Å². The Kier molecular flexibility index (Phi) is 12.4. The number of nitrogens with one attached hydrogen (secondary N) is 3. The fraction of sp³-hybridized carbons (Fsp3) is 0.533. The SMILES string of the molecule is CCNC(=NCc1ccccc1Cl)NCCCNS(=O)(=O)CC.I. The zero-order valence-electron chi connectivity index (χ0n) is 14.0. The average molecular weight is 489 g/mol. The molecule has 9 heteroatoms. The van der Waals surface area contributed by atoms with Crippen LogP contribution in [0.3, 0.4) is 0 Å². The minimum Gasteiger partial charge on any atom is -0.357 e. The van der Waals surface area contributed by atoms with E-state index in [2.05, 4.69) is 20.3 Å². The standard InChI is InChI=1S/C15H25ClN4O2S.HI/c1-3-17-15(18-10-7-11-20-23(21,22)4-2)19-12-13-8-5-6-9-14(13)16;/h5-6,8-9,20H,3-4,7,10-12H2,1-2H3,(H2,17,18,19);1H. The maximum atomic E-state index is 11.3. The van der Waals surface area contributed by atoms with E-state index in [0.29, 0.717) is 37.0 Å². The Hall–Kier alpha value is -0.580. The Balaban J connectivity index is 0.00000529. The zero-order valence-corrected chi connectivity index (χ0v) is 17.9. The molecule has 0 bridgehead atoms. The van der Waals surface area contributed by atoms with Gasteiger partial charge in [-0.3, -0.25) is 0 Å². The molecule has 1 aromatic rings. The number of sulfonamides is 1. The maximum Gasteiger partial charge on any atom is 0.211 e. The Morgan fingerprint density at radius 2 is 1.88 bits per heavy atom. The lowest BCUT2D eigenvalue weighted by atomic mass is 10.2. The predicted octanol–water partition coefficient (Wildman–Crippen LogP) is 2.34. The minimum atomic E-state index is -3.12. The molecule has 0 amide bonds. The molecule has 0 spiro atoms. The molecular weight excluding hydrogens is 463 g/mol. The van der Waals surface area contributed by atoms with Gasteiger partial charge in [0.05, 0.1) is 12.3 Å².